The number of thiazole rings is 1. The molecule has 1 saturated carbocycles. The van der Waals surface area contributed by atoms with E-state index in [-0.39, 0.29) is 5.69 Å². The molecule has 1 aromatic rings. The maximum absolute atomic E-state index is 11.0. The summed E-state index contributed by atoms with van der Waals surface area (Å²) in [4.78, 5) is 16.0. The molecule has 1 fully saturated rings. The fourth-order valence-corrected chi connectivity index (χ4v) is 4.18. The number of carboxylic acid groups (broad SMARTS) is 1. The minimum atomic E-state index is -0.940. The van der Waals surface area contributed by atoms with Gasteiger partial charge in [0.1, 0.15) is 0 Å². The summed E-state index contributed by atoms with van der Waals surface area (Å²) >= 11 is 1.44. The zero-order valence-electron chi connectivity index (χ0n) is 12.5. The minimum Gasteiger partial charge on any atom is -0.476 e. The Morgan fingerprint density at radius 2 is 2.10 bits per heavy atom. The van der Waals surface area contributed by atoms with Crippen molar-refractivity contribution in [3.63, 3.8) is 0 Å². The van der Waals surface area contributed by atoms with E-state index < -0.39 is 5.97 Å². The maximum Gasteiger partial charge on any atom is 0.355 e. The number of nitrogens with one attached hydrogen (secondary N) is 1. The maximum atomic E-state index is 11.0. The summed E-state index contributed by atoms with van der Waals surface area (Å²) in [6.07, 6.45) is 6.40. The van der Waals surface area contributed by atoms with Gasteiger partial charge in [-0.25, -0.2) is 9.78 Å². The van der Waals surface area contributed by atoms with Crippen molar-refractivity contribution in [1.29, 1.82) is 0 Å². The van der Waals surface area contributed by atoms with Gasteiger partial charge in [-0.3, -0.25) is 0 Å². The molecular weight excluding hydrogens is 272 g/mol. The minimum absolute atomic E-state index is 0.182. The van der Waals surface area contributed by atoms with Crippen LogP contribution in [0.3, 0.4) is 0 Å². The van der Waals surface area contributed by atoms with E-state index in [2.05, 4.69) is 24.1 Å². The number of anilines is 1. The largest absolute Gasteiger partial charge is 0.476 e. The number of aryl methyl sites for hydroxylation is 1. The highest BCUT2D eigenvalue weighted by atomic mass is 32.1. The first-order valence-electron chi connectivity index (χ1n) is 7.36. The van der Waals surface area contributed by atoms with Crippen LogP contribution in [0.2, 0.25) is 0 Å². The summed E-state index contributed by atoms with van der Waals surface area (Å²) in [5.74, 6) is -0.243. The zero-order valence-corrected chi connectivity index (χ0v) is 13.3. The standard InChI is InChI=1S/C15H24N2O2S/c1-10(2)8-15(6-4-5-7-15)9-16-14-17-12(13(18)19)11(3)20-14/h10H,4-9H2,1-3H3,(H,16,17)(H,18,19). The predicted molar refractivity (Wildman–Crippen MR) is 82.7 cm³/mol. The highest BCUT2D eigenvalue weighted by Gasteiger charge is 2.34. The van der Waals surface area contributed by atoms with Crippen LogP contribution in [0, 0.1) is 18.3 Å². The highest BCUT2D eigenvalue weighted by Crippen LogP contribution is 2.43. The van der Waals surface area contributed by atoms with Gasteiger partial charge in [0.15, 0.2) is 10.8 Å². The van der Waals surface area contributed by atoms with Crippen LogP contribution in [0.15, 0.2) is 0 Å². The molecule has 0 spiro atoms. The third-order valence-corrected chi connectivity index (χ3v) is 5.05. The molecule has 2 N–H and O–H groups in total. The molecule has 0 amide bonds. The SMILES string of the molecule is Cc1sc(NCC2(CC(C)C)CCCC2)nc1C(=O)O. The average Bonchev–Trinajstić information content (AvgIpc) is 2.93. The lowest BCUT2D eigenvalue weighted by atomic mass is 9.78. The molecule has 1 aliphatic carbocycles. The van der Waals surface area contributed by atoms with Crippen molar-refractivity contribution in [3.8, 4) is 0 Å². The molecule has 2 rings (SSSR count). The van der Waals surface area contributed by atoms with Crippen LogP contribution in [0.4, 0.5) is 5.13 Å². The first-order chi connectivity index (χ1) is 9.42. The number of aromatic nitrogens is 1. The van der Waals surface area contributed by atoms with E-state index >= 15 is 0 Å². The van der Waals surface area contributed by atoms with Crippen molar-refractivity contribution in [2.45, 2.75) is 52.9 Å². The number of hydrogen-bond donors (Lipinski definition) is 2. The van der Waals surface area contributed by atoms with E-state index in [0.717, 1.165) is 16.6 Å². The fraction of sp³-hybridized carbons (Fsp3) is 0.733. The van der Waals surface area contributed by atoms with Crippen molar-refractivity contribution in [1.82, 2.24) is 4.98 Å². The Morgan fingerprint density at radius 1 is 1.45 bits per heavy atom. The second-order valence-corrected chi connectivity index (χ2v) is 7.59. The zero-order chi connectivity index (χ0) is 14.8. The molecule has 0 bridgehead atoms. The molecule has 0 atom stereocenters. The monoisotopic (exact) mass is 296 g/mol. The van der Waals surface area contributed by atoms with Gasteiger partial charge in [-0.15, -0.1) is 11.3 Å². The lowest BCUT2D eigenvalue weighted by Crippen LogP contribution is -2.28. The molecule has 4 nitrogen and oxygen atoms in total. The average molecular weight is 296 g/mol. The van der Waals surface area contributed by atoms with E-state index in [1.807, 2.05) is 6.92 Å². The summed E-state index contributed by atoms with van der Waals surface area (Å²) in [6, 6.07) is 0. The highest BCUT2D eigenvalue weighted by molar-refractivity contribution is 7.15. The predicted octanol–water partition coefficient (Wildman–Crippen LogP) is 4.17. The van der Waals surface area contributed by atoms with Crippen molar-refractivity contribution < 1.29 is 9.90 Å². The third kappa shape index (κ3) is 3.51. The topological polar surface area (TPSA) is 62.2 Å². The lowest BCUT2D eigenvalue weighted by molar-refractivity contribution is 0.0690. The van der Waals surface area contributed by atoms with Gasteiger partial charge >= 0.3 is 5.97 Å². The number of carbonyl (C=O) groups is 1. The summed E-state index contributed by atoms with van der Waals surface area (Å²) < 4.78 is 0. The first kappa shape index (κ1) is 15.3. The molecule has 0 aliphatic heterocycles. The smallest absolute Gasteiger partial charge is 0.355 e. The Bertz CT molecular complexity index is 476. The number of rotatable bonds is 6. The van der Waals surface area contributed by atoms with Gasteiger partial charge < -0.3 is 10.4 Å². The van der Waals surface area contributed by atoms with Crippen LogP contribution in [-0.2, 0) is 0 Å². The molecule has 5 heteroatoms. The first-order valence-corrected chi connectivity index (χ1v) is 8.18. The Kier molecular flexibility index (Phi) is 4.68. The summed E-state index contributed by atoms with van der Waals surface area (Å²) in [5.41, 5.74) is 0.554. The summed E-state index contributed by atoms with van der Waals surface area (Å²) in [6.45, 7) is 7.27. The van der Waals surface area contributed by atoms with Gasteiger partial charge in [-0.05, 0) is 37.5 Å². The normalized spacial score (nSPS) is 17.6. The van der Waals surface area contributed by atoms with E-state index in [4.69, 9.17) is 5.11 Å². The molecule has 0 aromatic carbocycles. The van der Waals surface area contributed by atoms with E-state index in [0.29, 0.717) is 11.3 Å². The third-order valence-electron chi connectivity index (χ3n) is 4.12. The van der Waals surface area contributed by atoms with Crippen LogP contribution in [-0.4, -0.2) is 22.6 Å². The second kappa shape index (κ2) is 6.12. The number of carboxylic acids is 1. The van der Waals surface area contributed by atoms with E-state index in [1.165, 1.54) is 43.4 Å². The Labute approximate surface area is 124 Å². The van der Waals surface area contributed by atoms with Crippen LogP contribution in [0.25, 0.3) is 0 Å². The van der Waals surface area contributed by atoms with Gasteiger partial charge in [-0.2, -0.15) is 0 Å². The molecule has 112 valence electrons. The van der Waals surface area contributed by atoms with Gasteiger partial charge in [-0.1, -0.05) is 26.7 Å². The Hall–Kier alpha value is -1.10. The fourth-order valence-electron chi connectivity index (χ4n) is 3.38. The lowest BCUT2D eigenvalue weighted by Gasteiger charge is -2.31. The summed E-state index contributed by atoms with van der Waals surface area (Å²) in [7, 11) is 0. The van der Waals surface area contributed by atoms with Crippen LogP contribution in [0.5, 0.6) is 0 Å². The molecule has 0 saturated heterocycles. The van der Waals surface area contributed by atoms with Crippen molar-refractivity contribution in [3.05, 3.63) is 10.6 Å². The molecule has 1 aliphatic rings. The Morgan fingerprint density at radius 3 is 2.60 bits per heavy atom. The van der Waals surface area contributed by atoms with Gasteiger partial charge in [0.05, 0.1) is 0 Å². The van der Waals surface area contributed by atoms with E-state index in [9.17, 15) is 4.79 Å². The number of aromatic carboxylic acids is 1. The molecule has 0 unspecified atom stereocenters. The van der Waals surface area contributed by atoms with Gasteiger partial charge in [0.25, 0.3) is 0 Å². The second-order valence-electron chi connectivity index (χ2n) is 6.39. The molecule has 20 heavy (non-hydrogen) atoms. The van der Waals surface area contributed by atoms with Crippen LogP contribution < -0.4 is 5.32 Å². The van der Waals surface area contributed by atoms with Crippen LogP contribution in [0.1, 0.15) is 61.3 Å². The molecule has 1 heterocycles. The Balaban J connectivity index is 2.02. The summed E-state index contributed by atoms with van der Waals surface area (Å²) in [5, 5.41) is 13.2. The van der Waals surface area contributed by atoms with Crippen LogP contribution >= 0.6 is 11.3 Å². The van der Waals surface area contributed by atoms with Gasteiger partial charge in [0, 0.05) is 11.4 Å². The van der Waals surface area contributed by atoms with Crippen molar-refractivity contribution in [2.24, 2.45) is 11.3 Å². The van der Waals surface area contributed by atoms with E-state index in [1.54, 1.807) is 0 Å². The number of nitrogens with zero attached hydrogens (tertiary/aromatic N) is 1. The number of hydrogen-bond acceptors (Lipinski definition) is 4. The molecule has 0 radical (unpaired) electrons. The molecule has 1 aromatic heterocycles. The van der Waals surface area contributed by atoms with Crippen molar-refractivity contribution in [2.75, 3.05) is 11.9 Å². The quantitative estimate of drug-likeness (QED) is 0.827. The van der Waals surface area contributed by atoms with Gasteiger partial charge in [0.2, 0.25) is 0 Å². The van der Waals surface area contributed by atoms with Crippen molar-refractivity contribution >= 4 is 22.4 Å². The molecular formula is C15H24N2O2S.